The van der Waals surface area contributed by atoms with Gasteiger partial charge in [-0.2, -0.15) is 0 Å². The van der Waals surface area contributed by atoms with Gasteiger partial charge >= 0.3 is 0 Å². The fraction of sp³-hybridized carbons (Fsp3) is 0.458. The Hall–Kier alpha value is -2.54. The van der Waals surface area contributed by atoms with Crippen LogP contribution in [0.4, 0.5) is 5.69 Å². The first-order chi connectivity index (χ1) is 15.2. The highest BCUT2D eigenvalue weighted by molar-refractivity contribution is 7.99. The van der Waals surface area contributed by atoms with E-state index in [0.29, 0.717) is 6.04 Å². The van der Waals surface area contributed by atoms with Crippen LogP contribution >= 0.6 is 11.8 Å². The highest BCUT2D eigenvalue weighted by Crippen LogP contribution is 2.30. The van der Waals surface area contributed by atoms with Gasteiger partial charge in [0, 0.05) is 61.5 Å². The zero-order valence-electron chi connectivity index (χ0n) is 18.8. The molecule has 7 heteroatoms. The van der Waals surface area contributed by atoms with E-state index in [0.717, 1.165) is 67.8 Å². The molecule has 0 spiro atoms. The van der Waals surface area contributed by atoms with Crippen molar-refractivity contribution in [2.45, 2.75) is 30.2 Å². The quantitative estimate of drug-likeness (QED) is 0.265. The largest absolute Gasteiger partial charge is 0.497 e. The van der Waals surface area contributed by atoms with Crippen molar-refractivity contribution in [3.8, 4) is 11.5 Å². The van der Waals surface area contributed by atoms with E-state index >= 15 is 0 Å². The second-order valence-electron chi connectivity index (χ2n) is 7.49. The van der Waals surface area contributed by atoms with Crippen molar-refractivity contribution in [1.29, 1.82) is 0 Å². The van der Waals surface area contributed by atoms with Crippen LogP contribution in [0.1, 0.15) is 19.3 Å². The van der Waals surface area contributed by atoms with E-state index in [1.165, 1.54) is 4.90 Å². The summed E-state index contributed by atoms with van der Waals surface area (Å²) in [5, 5.41) is 7.04. The molecule has 0 aromatic heterocycles. The highest BCUT2D eigenvalue weighted by Gasteiger charge is 2.21. The number of piperidine rings is 1. The molecule has 0 amide bonds. The molecule has 0 radical (unpaired) electrons. The number of hydrogen-bond acceptors (Lipinski definition) is 5. The number of nitrogens with zero attached hydrogens (tertiary/aromatic N) is 2. The topological polar surface area (TPSA) is 58.1 Å². The number of nitrogens with one attached hydrogen (secondary N) is 2. The van der Waals surface area contributed by atoms with Crippen molar-refractivity contribution in [3.63, 3.8) is 0 Å². The van der Waals surface area contributed by atoms with Gasteiger partial charge in [-0.25, -0.2) is 0 Å². The molecular weight excluding hydrogens is 408 g/mol. The lowest BCUT2D eigenvalue weighted by Gasteiger charge is -2.34. The minimum atomic E-state index is 0.425. The van der Waals surface area contributed by atoms with Gasteiger partial charge in [0.05, 0.1) is 14.2 Å². The number of rotatable bonds is 9. The molecule has 0 bridgehead atoms. The summed E-state index contributed by atoms with van der Waals surface area (Å²) in [4.78, 5) is 8.12. The summed E-state index contributed by atoms with van der Waals surface area (Å²) in [6.07, 6.45) is 3.21. The number of guanidine groups is 1. The van der Waals surface area contributed by atoms with Crippen LogP contribution in [0.25, 0.3) is 0 Å². The summed E-state index contributed by atoms with van der Waals surface area (Å²) >= 11 is 1.89. The first-order valence-electron chi connectivity index (χ1n) is 10.8. The summed E-state index contributed by atoms with van der Waals surface area (Å²) in [6.45, 7) is 2.89. The summed E-state index contributed by atoms with van der Waals surface area (Å²) in [7, 11) is 5.22. The molecule has 2 aromatic carbocycles. The molecule has 3 rings (SSSR count). The van der Waals surface area contributed by atoms with Crippen molar-refractivity contribution in [3.05, 3.63) is 48.5 Å². The van der Waals surface area contributed by atoms with E-state index in [-0.39, 0.29) is 0 Å². The van der Waals surface area contributed by atoms with Gasteiger partial charge in [-0.1, -0.05) is 18.2 Å². The summed E-state index contributed by atoms with van der Waals surface area (Å²) in [6, 6.07) is 17.0. The van der Waals surface area contributed by atoms with Gasteiger partial charge in [-0.15, -0.1) is 11.8 Å². The lowest BCUT2D eigenvalue weighted by Crippen LogP contribution is -2.49. The minimum absolute atomic E-state index is 0.425. The Bertz CT molecular complexity index is 801. The molecule has 1 heterocycles. The SMILES string of the molecule is CN=C(NCCCSc1ccccc1)NC1CCN(c2cc(OC)cc(OC)c2)CC1. The fourth-order valence-corrected chi connectivity index (χ4v) is 4.50. The van der Waals surface area contributed by atoms with Gasteiger partial charge in [0.25, 0.3) is 0 Å². The first kappa shape index (κ1) is 23.1. The predicted molar refractivity (Wildman–Crippen MR) is 131 cm³/mol. The number of methoxy groups -OCH3 is 2. The molecule has 1 aliphatic rings. The third-order valence-electron chi connectivity index (χ3n) is 5.39. The summed E-state index contributed by atoms with van der Waals surface area (Å²) in [5.74, 6) is 3.64. The summed E-state index contributed by atoms with van der Waals surface area (Å²) < 4.78 is 10.8. The zero-order valence-corrected chi connectivity index (χ0v) is 19.6. The van der Waals surface area contributed by atoms with Crippen LogP contribution in [0.5, 0.6) is 11.5 Å². The van der Waals surface area contributed by atoms with Crippen molar-refractivity contribution in [2.24, 2.45) is 4.99 Å². The maximum absolute atomic E-state index is 5.41. The highest BCUT2D eigenvalue weighted by atomic mass is 32.2. The number of ether oxygens (including phenoxy) is 2. The Balaban J connectivity index is 1.39. The van der Waals surface area contributed by atoms with E-state index in [1.54, 1.807) is 14.2 Å². The molecule has 1 fully saturated rings. The third-order valence-corrected chi connectivity index (χ3v) is 6.48. The van der Waals surface area contributed by atoms with E-state index in [1.807, 2.05) is 24.9 Å². The van der Waals surface area contributed by atoms with E-state index in [4.69, 9.17) is 9.47 Å². The monoisotopic (exact) mass is 442 g/mol. The van der Waals surface area contributed by atoms with Crippen LogP contribution in [0.3, 0.4) is 0 Å². The molecule has 168 valence electrons. The fourth-order valence-electron chi connectivity index (χ4n) is 3.63. The number of aliphatic imine (C=N–C) groups is 1. The van der Waals surface area contributed by atoms with Gasteiger partial charge in [-0.3, -0.25) is 4.99 Å². The number of hydrogen-bond donors (Lipinski definition) is 2. The van der Waals surface area contributed by atoms with Crippen molar-refractivity contribution >= 4 is 23.4 Å². The Morgan fingerprint density at radius 3 is 2.35 bits per heavy atom. The van der Waals surface area contributed by atoms with Crippen LogP contribution in [0.2, 0.25) is 0 Å². The van der Waals surface area contributed by atoms with E-state index < -0.39 is 0 Å². The predicted octanol–water partition coefficient (Wildman–Crippen LogP) is 4.02. The molecule has 0 aliphatic carbocycles. The average molecular weight is 443 g/mol. The van der Waals surface area contributed by atoms with Crippen LogP contribution in [0.15, 0.2) is 58.4 Å². The molecule has 6 nitrogen and oxygen atoms in total. The number of anilines is 1. The maximum atomic E-state index is 5.41. The van der Waals surface area contributed by atoms with Crippen molar-refractivity contribution in [1.82, 2.24) is 10.6 Å². The Morgan fingerprint density at radius 2 is 1.74 bits per heavy atom. The van der Waals surface area contributed by atoms with Crippen LogP contribution in [-0.4, -0.2) is 58.7 Å². The molecule has 31 heavy (non-hydrogen) atoms. The zero-order chi connectivity index (χ0) is 21.9. The normalized spacial score (nSPS) is 14.9. The average Bonchev–Trinajstić information content (AvgIpc) is 2.83. The van der Waals surface area contributed by atoms with E-state index in [2.05, 4.69) is 63.0 Å². The molecule has 0 unspecified atom stereocenters. The van der Waals surface area contributed by atoms with E-state index in [9.17, 15) is 0 Å². The smallest absolute Gasteiger partial charge is 0.191 e. The van der Waals surface area contributed by atoms with Crippen LogP contribution in [0, 0.1) is 0 Å². The second kappa shape index (κ2) is 12.3. The number of thioether (sulfide) groups is 1. The third kappa shape index (κ3) is 7.28. The molecule has 0 saturated carbocycles. The maximum Gasteiger partial charge on any atom is 0.191 e. The molecular formula is C24H34N4O2S. The Kier molecular flexibility index (Phi) is 9.21. The number of benzene rings is 2. The molecule has 0 atom stereocenters. The minimum Gasteiger partial charge on any atom is -0.497 e. The van der Waals surface area contributed by atoms with Crippen molar-refractivity contribution in [2.75, 3.05) is 51.6 Å². The standard InChI is InChI=1S/C24H34N4O2S/c1-25-24(26-12-7-15-31-23-8-5-4-6-9-23)27-19-10-13-28(14-11-19)20-16-21(29-2)18-22(17-20)30-3/h4-6,8-9,16-19H,7,10-15H2,1-3H3,(H2,25,26,27). The van der Waals surface area contributed by atoms with Crippen molar-refractivity contribution < 1.29 is 9.47 Å². The van der Waals surface area contributed by atoms with Gasteiger partial charge in [0.1, 0.15) is 11.5 Å². The first-order valence-corrected chi connectivity index (χ1v) is 11.8. The van der Waals surface area contributed by atoms with Gasteiger partial charge < -0.3 is 25.0 Å². The second-order valence-corrected chi connectivity index (χ2v) is 8.66. The lowest BCUT2D eigenvalue weighted by molar-refractivity contribution is 0.393. The molecule has 2 aromatic rings. The Morgan fingerprint density at radius 1 is 1.06 bits per heavy atom. The molecule has 2 N–H and O–H groups in total. The van der Waals surface area contributed by atoms with Gasteiger partial charge in [0.15, 0.2) is 5.96 Å². The Labute approximate surface area is 190 Å². The van der Waals surface area contributed by atoms with Crippen LogP contribution in [-0.2, 0) is 0 Å². The van der Waals surface area contributed by atoms with Crippen LogP contribution < -0.4 is 25.0 Å². The lowest BCUT2D eigenvalue weighted by atomic mass is 10.0. The molecule has 1 aliphatic heterocycles. The molecule has 1 saturated heterocycles. The van der Waals surface area contributed by atoms with Gasteiger partial charge in [0.2, 0.25) is 0 Å². The summed E-state index contributed by atoms with van der Waals surface area (Å²) in [5.41, 5.74) is 1.15. The van der Waals surface area contributed by atoms with Gasteiger partial charge in [-0.05, 0) is 37.1 Å².